The van der Waals surface area contributed by atoms with E-state index in [9.17, 15) is 9.18 Å². The highest BCUT2D eigenvalue weighted by molar-refractivity contribution is 7.98. The number of ether oxygens (including phenoxy) is 1. The van der Waals surface area contributed by atoms with Gasteiger partial charge in [0, 0.05) is 23.4 Å². The molecule has 0 radical (unpaired) electrons. The Bertz CT molecular complexity index is 926. The number of hydrogen-bond acceptors (Lipinski definition) is 3. The molecule has 0 aliphatic carbocycles. The molecule has 0 fully saturated rings. The van der Waals surface area contributed by atoms with Crippen LogP contribution < -0.4 is 10.1 Å². The van der Waals surface area contributed by atoms with Crippen molar-refractivity contribution in [3.05, 3.63) is 78.1 Å². The predicted octanol–water partition coefficient (Wildman–Crippen LogP) is 5.19. The topological polar surface area (TPSA) is 38.3 Å². The van der Waals surface area contributed by atoms with E-state index in [-0.39, 0.29) is 11.7 Å². The van der Waals surface area contributed by atoms with Gasteiger partial charge in [-0.2, -0.15) is 11.8 Å². The molecule has 0 spiro atoms. The minimum atomic E-state index is -0.539. The number of hydrogen-bond donors (Lipinski definition) is 1. The Morgan fingerprint density at radius 3 is 2.64 bits per heavy atom. The molecule has 1 amide bonds. The van der Waals surface area contributed by atoms with Crippen molar-refractivity contribution in [1.82, 2.24) is 5.32 Å². The lowest BCUT2D eigenvalue weighted by molar-refractivity contribution is -0.127. The van der Waals surface area contributed by atoms with E-state index in [0.717, 1.165) is 10.8 Å². The zero-order valence-electron chi connectivity index (χ0n) is 15.9. The van der Waals surface area contributed by atoms with E-state index >= 15 is 0 Å². The van der Waals surface area contributed by atoms with Gasteiger partial charge in [-0.25, -0.2) is 4.39 Å². The van der Waals surface area contributed by atoms with Gasteiger partial charge < -0.3 is 10.1 Å². The lowest BCUT2D eigenvalue weighted by Gasteiger charge is -2.18. The second kappa shape index (κ2) is 10.1. The Morgan fingerprint density at radius 1 is 1.07 bits per heavy atom. The average Bonchev–Trinajstić information content (AvgIpc) is 2.73. The number of thioether (sulfide) groups is 1. The molecule has 0 saturated heterocycles. The first-order valence-electron chi connectivity index (χ1n) is 9.42. The van der Waals surface area contributed by atoms with E-state index in [4.69, 9.17) is 4.74 Å². The molecule has 1 N–H and O–H groups in total. The molecule has 0 heterocycles. The lowest BCUT2D eigenvalue weighted by atomic mass is 10.1. The van der Waals surface area contributed by atoms with Gasteiger partial charge in [0.25, 0.3) is 5.91 Å². The number of carbonyl (C=O) groups is 1. The second-order valence-corrected chi connectivity index (χ2v) is 7.53. The van der Waals surface area contributed by atoms with Gasteiger partial charge in [-0.05, 0) is 29.5 Å². The van der Waals surface area contributed by atoms with E-state index in [2.05, 4.69) is 5.32 Å². The molecule has 0 unspecified atom stereocenters. The Morgan fingerprint density at radius 2 is 1.82 bits per heavy atom. The first-order valence-corrected chi connectivity index (χ1v) is 10.6. The summed E-state index contributed by atoms with van der Waals surface area (Å²) < 4.78 is 19.6. The lowest BCUT2D eigenvalue weighted by Crippen LogP contribution is -2.39. The molecule has 146 valence electrons. The maximum atomic E-state index is 13.6. The van der Waals surface area contributed by atoms with Crippen LogP contribution in [0.3, 0.4) is 0 Å². The zero-order chi connectivity index (χ0) is 19.8. The third kappa shape index (κ3) is 5.26. The minimum absolute atomic E-state index is 0.123. The van der Waals surface area contributed by atoms with Crippen molar-refractivity contribution in [3.63, 3.8) is 0 Å². The molecular formula is C23H24FNO2S. The van der Waals surface area contributed by atoms with Gasteiger partial charge in [0.2, 0.25) is 0 Å². The average molecular weight is 398 g/mol. The number of carbonyl (C=O) groups excluding carboxylic acids is 1. The highest BCUT2D eigenvalue weighted by Gasteiger charge is 2.18. The maximum absolute atomic E-state index is 13.6. The van der Waals surface area contributed by atoms with Gasteiger partial charge in [0.15, 0.2) is 6.10 Å². The quantitative estimate of drug-likeness (QED) is 0.505. The molecule has 3 rings (SSSR count). The van der Waals surface area contributed by atoms with Crippen LogP contribution in [0.15, 0.2) is 66.7 Å². The van der Waals surface area contributed by atoms with Gasteiger partial charge in [0.05, 0.1) is 0 Å². The van der Waals surface area contributed by atoms with Crippen LogP contribution in [0.2, 0.25) is 0 Å². The number of benzene rings is 3. The van der Waals surface area contributed by atoms with Crippen LogP contribution in [0, 0.1) is 5.82 Å². The molecule has 1 atom stereocenters. The smallest absolute Gasteiger partial charge is 0.261 e. The summed E-state index contributed by atoms with van der Waals surface area (Å²) >= 11 is 1.59. The normalized spacial score (nSPS) is 11.9. The highest BCUT2D eigenvalue weighted by Crippen LogP contribution is 2.26. The molecule has 0 bridgehead atoms. The predicted molar refractivity (Wildman–Crippen MR) is 114 cm³/mol. The summed E-state index contributed by atoms with van der Waals surface area (Å²) in [5.74, 6) is 1.71. The van der Waals surface area contributed by atoms with Crippen molar-refractivity contribution in [1.29, 1.82) is 0 Å². The Kier molecular flexibility index (Phi) is 7.31. The molecular weight excluding hydrogens is 373 g/mol. The van der Waals surface area contributed by atoms with E-state index < -0.39 is 6.10 Å². The van der Waals surface area contributed by atoms with Gasteiger partial charge in [0.1, 0.15) is 11.6 Å². The molecule has 0 aromatic heterocycles. The first kappa shape index (κ1) is 20.2. The fourth-order valence-electron chi connectivity index (χ4n) is 2.93. The summed E-state index contributed by atoms with van der Waals surface area (Å²) in [6.07, 6.45) is 0.0413. The molecule has 28 heavy (non-hydrogen) atoms. The second-order valence-electron chi connectivity index (χ2n) is 6.43. The van der Waals surface area contributed by atoms with Crippen LogP contribution >= 0.6 is 11.8 Å². The fraction of sp³-hybridized carbons (Fsp3) is 0.261. The van der Waals surface area contributed by atoms with Gasteiger partial charge in [-0.15, -0.1) is 0 Å². The number of halogens is 1. The van der Waals surface area contributed by atoms with Crippen molar-refractivity contribution < 1.29 is 13.9 Å². The van der Waals surface area contributed by atoms with Crippen LogP contribution in [0.4, 0.5) is 4.39 Å². The van der Waals surface area contributed by atoms with Gasteiger partial charge in [-0.1, -0.05) is 61.5 Å². The van der Waals surface area contributed by atoms with Crippen LogP contribution in [-0.4, -0.2) is 24.3 Å². The first-order chi connectivity index (χ1) is 13.7. The van der Waals surface area contributed by atoms with E-state index in [1.165, 1.54) is 6.07 Å². The van der Waals surface area contributed by atoms with Crippen LogP contribution in [0.5, 0.6) is 5.75 Å². The Hall–Kier alpha value is -2.53. The summed E-state index contributed by atoms with van der Waals surface area (Å²) in [7, 11) is 0. The van der Waals surface area contributed by atoms with E-state index in [1.54, 1.807) is 23.9 Å². The fourth-order valence-corrected chi connectivity index (χ4v) is 3.78. The van der Waals surface area contributed by atoms with Gasteiger partial charge >= 0.3 is 0 Å². The summed E-state index contributed by atoms with van der Waals surface area (Å²) in [5, 5.41) is 5.00. The van der Waals surface area contributed by atoms with Crippen molar-refractivity contribution in [2.75, 3.05) is 12.3 Å². The summed E-state index contributed by atoms with van der Waals surface area (Å²) in [4.78, 5) is 12.5. The molecule has 3 nitrogen and oxygen atoms in total. The summed E-state index contributed by atoms with van der Waals surface area (Å²) in [6, 6.07) is 20.6. The molecule has 3 aromatic rings. The van der Waals surface area contributed by atoms with Crippen molar-refractivity contribution in [2.24, 2.45) is 0 Å². The maximum Gasteiger partial charge on any atom is 0.261 e. The molecule has 5 heteroatoms. The SMILES string of the molecule is CC[C@@H](Oc1cccc2ccccc12)C(=O)NCCSCc1ccccc1F. The zero-order valence-corrected chi connectivity index (χ0v) is 16.7. The summed E-state index contributed by atoms with van der Waals surface area (Å²) in [5.41, 5.74) is 0.685. The number of rotatable bonds is 9. The summed E-state index contributed by atoms with van der Waals surface area (Å²) in [6.45, 7) is 2.45. The van der Waals surface area contributed by atoms with Crippen LogP contribution in [0.1, 0.15) is 18.9 Å². The number of nitrogens with one attached hydrogen (secondary N) is 1. The third-order valence-corrected chi connectivity index (χ3v) is 5.45. The molecule has 3 aromatic carbocycles. The molecule has 0 saturated carbocycles. The van der Waals surface area contributed by atoms with Gasteiger partial charge in [-0.3, -0.25) is 4.79 Å². The van der Waals surface area contributed by atoms with E-state index in [0.29, 0.717) is 35.8 Å². The minimum Gasteiger partial charge on any atom is -0.480 e. The van der Waals surface area contributed by atoms with Crippen molar-refractivity contribution in [3.8, 4) is 5.75 Å². The monoisotopic (exact) mass is 397 g/mol. The van der Waals surface area contributed by atoms with E-state index in [1.807, 2.05) is 55.5 Å². The van der Waals surface area contributed by atoms with Crippen molar-refractivity contribution in [2.45, 2.75) is 25.2 Å². The standard InChI is InChI=1S/C23H24FNO2S/c1-2-21(27-22-13-7-10-17-8-3-5-11-19(17)22)23(26)25-14-15-28-16-18-9-4-6-12-20(18)24/h3-13,21H,2,14-16H2,1H3,(H,25,26)/t21-/m1/s1. The van der Waals surface area contributed by atoms with Crippen LogP contribution in [-0.2, 0) is 10.5 Å². The largest absolute Gasteiger partial charge is 0.480 e. The Balaban J connectivity index is 1.49. The van der Waals surface area contributed by atoms with Crippen molar-refractivity contribution >= 4 is 28.4 Å². The number of amides is 1. The Labute approximate surface area is 169 Å². The third-order valence-electron chi connectivity index (χ3n) is 4.44. The molecule has 0 aliphatic heterocycles. The number of fused-ring (bicyclic) bond motifs is 1. The van der Waals surface area contributed by atoms with Crippen LogP contribution in [0.25, 0.3) is 10.8 Å². The highest BCUT2D eigenvalue weighted by atomic mass is 32.2. The molecule has 0 aliphatic rings.